The van der Waals surface area contributed by atoms with Crippen molar-refractivity contribution in [3.63, 3.8) is 0 Å². The summed E-state index contributed by atoms with van der Waals surface area (Å²) in [4.78, 5) is 10.8. The lowest BCUT2D eigenvalue weighted by Gasteiger charge is -2.03. The fourth-order valence-corrected chi connectivity index (χ4v) is 3.02. The van der Waals surface area contributed by atoms with Crippen molar-refractivity contribution in [2.75, 3.05) is 0 Å². The van der Waals surface area contributed by atoms with E-state index in [1.54, 1.807) is 11.8 Å². The Morgan fingerprint density at radius 1 is 1.45 bits per heavy atom. The molecule has 0 aliphatic rings. The number of hydrogen-bond donors (Lipinski definition) is 1. The lowest BCUT2D eigenvalue weighted by molar-refractivity contribution is -0.118. The molecule has 2 aromatic rings. The summed E-state index contributed by atoms with van der Waals surface area (Å²) in [7, 11) is 1.90. The van der Waals surface area contributed by atoms with Gasteiger partial charge >= 0.3 is 0 Å². The molecule has 1 amide bonds. The number of nitrogens with zero attached hydrogens (tertiary/aromatic N) is 3. The Morgan fingerprint density at radius 3 is 2.95 bits per heavy atom. The first-order valence-electron chi connectivity index (χ1n) is 6.10. The standard InChI is InChI=1S/C13H15BrN4OS/c1-18-12(6-5-11(15)19)16-17-13(18)20-8-9-3-2-4-10(14)7-9/h2-4,7H,5-6,8H2,1H3,(H2,15,19). The van der Waals surface area contributed by atoms with Crippen molar-refractivity contribution in [1.82, 2.24) is 14.8 Å². The molecule has 7 heteroatoms. The predicted molar refractivity (Wildman–Crippen MR) is 82.2 cm³/mol. The molecule has 0 spiro atoms. The van der Waals surface area contributed by atoms with E-state index in [2.05, 4.69) is 38.3 Å². The zero-order valence-corrected chi connectivity index (χ0v) is 13.4. The number of hydrogen-bond acceptors (Lipinski definition) is 4. The number of benzene rings is 1. The largest absolute Gasteiger partial charge is 0.370 e. The van der Waals surface area contributed by atoms with E-state index in [4.69, 9.17) is 5.73 Å². The fraction of sp³-hybridized carbons (Fsp3) is 0.308. The number of carbonyl (C=O) groups is 1. The second kappa shape index (κ2) is 6.90. The van der Waals surface area contributed by atoms with Crippen LogP contribution in [0.2, 0.25) is 0 Å². The van der Waals surface area contributed by atoms with Crippen molar-refractivity contribution in [2.24, 2.45) is 12.8 Å². The summed E-state index contributed by atoms with van der Waals surface area (Å²) >= 11 is 5.07. The number of halogens is 1. The molecule has 0 aliphatic carbocycles. The molecule has 1 heterocycles. The van der Waals surface area contributed by atoms with Gasteiger partial charge in [0.2, 0.25) is 5.91 Å². The summed E-state index contributed by atoms with van der Waals surface area (Å²) in [5.74, 6) is 1.28. The molecule has 0 atom stereocenters. The molecule has 1 aromatic carbocycles. The van der Waals surface area contributed by atoms with Gasteiger partial charge in [-0.3, -0.25) is 4.79 Å². The van der Waals surface area contributed by atoms with Gasteiger partial charge in [0.15, 0.2) is 5.16 Å². The fourth-order valence-electron chi connectivity index (χ4n) is 1.70. The van der Waals surface area contributed by atoms with Crippen molar-refractivity contribution in [3.8, 4) is 0 Å². The number of nitrogens with two attached hydrogens (primary N) is 1. The Hall–Kier alpha value is -1.34. The van der Waals surface area contributed by atoms with Crippen LogP contribution in [-0.4, -0.2) is 20.7 Å². The Balaban J connectivity index is 1.98. The van der Waals surface area contributed by atoms with E-state index in [0.717, 1.165) is 21.2 Å². The monoisotopic (exact) mass is 354 g/mol. The van der Waals surface area contributed by atoms with Gasteiger partial charge in [0.25, 0.3) is 0 Å². The SMILES string of the molecule is Cn1c(CCC(N)=O)nnc1SCc1cccc(Br)c1. The van der Waals surface area contributed by atoms with Crippen molar-refractivity contribution < 1.29 is 4.79 Å². The van der Waals surface area contributed by atoms with E-state index in [9.17, 15) is 4.79 Å². The van der Waals surface area contributed by atoms with Crippen LogP contribution in [0.3, 0.4) is 0 Å². The van der Waals surface area contributed by atoms with Gasteiger partial charge in [-0.25, -0.2) is 0 Å². The number of rotatable bonds is 6. The minimum Gasteiger partial charge on any atom is -0.370 e. The van der Waals surface area contributed by atoms with E-state index in [1.165, 1.54) is 5.56 Å². The lowest BCUT2D eigenvalue weighted by Crippen LogP contribution is -2.12. The maximum atomic E-state index is 10.8. The first-order valence-corrected chi connectivity index (χ1v) is 7.88. The van der Waals surface area contributed by atoms with Crippen molar-refractivity contribution in [2.45, 2.75) is 23.8 Å². The Kier molecular flexibility index (Phi) is 5.19. The summed E-state index contributed by atoms with van der Waals surface area (Å²) in [6.07, 6.45) is 0.818. The van der Waals surface area contributed by atoms with Crippen LogP contribution in [0.15, 0.2) is 33.9 Å². The Bertz CT molecular complexity index is 614. The number of aryl methyl sites for hydroxylation is 1. The van der Waals surface area contributed by atoms with E-state index >= 15 is 0 Å². The molecular formula is C13H15BrN4OS. The first kappa shape index (κ1) is 15.1. The predicted octanol–water partition coefficient (Wildman–Crippen LogP) is 2.29. The van der Waals surface area contributed by atoms with Gasteiger partial charge in [-0.05, 0) is 17.7 Å². The molecule has 106 valence electrons. The van der Waals surface area contributed by atoms with Crippen LogP contribution in [-0.2, 0) is 24.0 Å². The van der Waals surface area contributed by atoms with Crippen LogP contribution in [0.4, 0.5) is 0 Å². The van der Waals surface area contributed by atoms with Crippen LogP contribution >= 0.6 is 27.7 Å². The van der Waals surface area contributed by atoms with Crippen molar-refractivity contribution >= 4 is 33.6 Å². The molecule has 0 saturated carbocycles. The Morgan fingerprint density at radius 2 is 2.25 bits per heavy atom. The van der Waals surface area contributed by atoms with Crippen LogP contribution in [0.5, 0.6) is 0 Å². The number of thioether (sulfide) groups is 1. The van der Waals surface area contributed by atoms with Crippen LogP contribution in [0.25, 0.3) is 0 Å². The number of amides is 1. The third-order valence-corrected chi connectivity index (χ3v) is 4.36. The molecule has 0 radical (unpaired) electrons. The highest BCUT2D eigenvalue weighted by molar-refractivity contribution is 9.10. The third kappa shape index (κ3) is 4.08. The average Bonchev–Trinajstić information content (AvgIpc) is 2.75. The summed E-state index contributed by atoms with van der Waals surface area (Å²) in [6.45, 7) is 0. The zero-order valence-electron chi connectivity index (χ0n) is 11.0. The van der Waals surface area contributed by atoms with Crippen LogP contribution in [0, 0.1) is 0 Å². The molecule has 0 bridgehead atoms. The van der Waals surface area contributed by atoms with Crippen LogP contribution in [0.1, 0.15) is 17.8 Å². The maximum Gasteiger partial charge on any atom is 0.217 e. The highest BCUT2D eigenvalue weighted by Crippen LogP contribution is 2.23. The molecule has 0 fully saturated rings. The van der Waals surface area contributed by atoms with Crippen LogP contribution < -0.4 is 5.73 Å². The van der Waals surface area contributed by atoms with Gasteiger partial charge in [0.05, 0.1) is 0 Å². The first-order chi connectivity index (χ1) is 9.56. The number of aromatic nitrogens is 3. The smallest absolute Gasteiger partial charge is 0.217 e. The second-order valence-electron chi connectivity index (χ2n) is 4.34. The van der Waals surface area contributed by atoms with Crippen molar-refractivity contribution in [1.29, 1.82) is 0 Å². The van der Waals surface area contributed by atoms with E-state index in [0.29, 0.717) is 12.8 Å². The summed E-state index contributed by atoms with van der Waals surface area (Å²) in [5, 5.41) is 9.07. The van der Waals surface area contributed by atoms with Gasteiger partial charge in [-0.1, -0.05) is 39.8 Å². The van der Waals surface area contributed by atoms with E-state index in [-0.39, 0.29) is 5.91 Å². The molecule has 0 saturated heterocycles. The maximum absolute atomic E-state index is 10.8. The van der Waals surface area contributed by atoms with Gasteiger partial charge in [-0.2, -0.15) is 0 Å². The molecule has 20 heavy (non-hydrogen) atoms. The van der Waals surface area contributed by atoms with E-state index in [1.807, 2.05) is 23.7 Å². The molecule has 2 rings (SSSR count). The van der Waals surface area contributed by atoms with Gasteiger partial charge < -0.3 is 10.3 Å². The summed E-state index contributed by atoms with van der Waals surface area (Å²) in [6, 6.07) is 8.16. The topological polar surface area (TPSA) is 73.8 Å². The molecule has 1 aromatic heterocycles. The van der Waals surface area contributed by atoms with Crippen molar-refractivity contribution in [3.05, 3.63) is 40.1 Å². The Labute approximate surface area is 130 Å². The molecule has 0 aliphatic heterocycles. The zero-order chi connectivity index (χ0) is 14.5. The van der Waals surface area contributed by atoms with Gasteiger partial charge in [0, 0.05) is 30.1 Å². The van der Waals surface area contributed by atoms with Gasteiger partial charge in [0.1, 0.15) is 5.82 Å². The number of primary amides is 1. The molecular weight excluding hydrogens is 340 g/mol. The van der Waals surface area contributed by atoms with E-state index < -0.39 is 0 Å². The third-order valence-electron chi connectivity index (χ3n) is 2.78. The highest BCUT2D eigenvalue weighted by atomic mass is 79.9. The molecule has 5 nitrogen and oxygen atoms in total. The second-order valence-corrected chi connectivity index (χ2v) is 6.20. The minimum atomic E-state index is -0.323. The highest BCUT2D eigenvalue weighted by Gasteiger charge is 2.10. The summed E-state index contributed by atoms with van der Waals surface area (Å²) < 4.78 is 2.97. The normalized spacial score (nSPS) is 10.7. The quantitative estimate of drug-likeness (QED) is 0.807. The lowest BCUT2D eigenvalue weighted by atomic mass is 10.2. The molecule has 2 N–H and O–H groups in total. The summed E-state index contributed by atoms with van der Waals surface area (Å²) in [5.41, 5.74) is 6.35. The average molecular weight is 355 g/mol. The number of carbonyl (C=O) groups excluding carboxylic acids is 1. The molecule has 0 unspecified atom stereocenters. The van der Waals surface area contributed by atoms with Gasteiger partial charge in [-0.15, -0.1) is 10.2 Å². The minimum absolute atomic E-state index is 0.294.